The van der Waals surface area contributed by atoms with Crippen molar-refractivity contribution < 1.29 is 9.18 Å². The predicted molar refractivity (Wildman–Crippen MR) is 124 cm³/mol. The van der Waals surface area contributed by atoms with Gasteiger partial charge in [-0.05, 0) is 74.5 Å². The molecule has 0 spiro atoms. The summed E-state index contributed by atoms with van der Waals surface area (Å²) in [6.45, 7) is 3.77. The smallest absolute Gasteiger partial charge is 0.251 e. The summed E-state index contributed by atoms with van der Waals surface area (Å²) in [5.41, 5.74) is 2.08. The molecular formula is C25H28FN5O. The lowest BCUT2D eigenvalue weighted by Crippen LogP contribution is -2.35. The standard InChI is InChI=1S/C25H28FN5O/c26-21-10-8-19(9-11-21)24-27-13-12-23(30-24)29-22-7-5-6-20(18-22)25(32)28-14-17-31-15-3-1-2-4-16-31/h5-13,18H,1-4,14-17H2,(H,28,32)(H,27,29,30). The SMILES string of the molecule is O=C(NCCN1CCCCCC1)c1cccc(Nc2ccnc(-c3ccc(F)cc3)n2)c1. The Hall–Kier alpha value is -3.32. The van der Waals surface area contributed by atoms with Crippen molar-refractivity contribution in [1.29, 1.82) is 0 Å². The molecule has 2 heterocycles. The molecule has 1 saturated heterocycles. The van der Waals surface area contributed by atoms with Gasteiger partial charge in [-0.15, -0.1) is 0 Å². The van der Waals surface area contributed by atoms with Gasteiger partial charge < -0.3 is 15.5 Å². The number of rotatable bonds is 7. The minimum absolute atomic E-state index is 0.0850. The van der Waals surface area contributed by atoms with Gasteiger partial charge in [0, 0.05) is 36.1 Å². The topological polar surface area (TPSA) is 70.2 Å². The number of hydrogen-bond acceptors (Lipinski definition) is 5. The quantitative estimate of drug-likeness (QED) is 0.568. The number of likely N-dealkylation sites (tertiary alicyclic amines) is 1. The van der Waals surface area contributed by atoms with E-state index in [0.29, 0.717) is 23.8 Å². The fourth-order valence-electron chi connectivity index (χ4n) is 3.84. The molecule has 1 amide bonds. The summed E-state index contributed by atoms with van der Waals surface area (Å²) in [5.74, 6) is 0.707. The Morgan fingerprint density at radius 3 is 2.56 bits per heavy atom. The Balaban J connectivity index is 1.36. The van der Waals surface area contributed by atoms with Gasteiger partial charge in [0.15, 0.2) is 5.82 Å². The number of carbonyl (C=O) groups is 1. The number of aromatic nitrogens is 2. The Bertz CT molecular complexity index is 1030. The molecule has 0 unspecified atom stereocenters. The van der Waals surface area contributed by atoms with Gasteiger partial charge in [0.1, 0.15) is 11.6 Å². The van der Waals surface area contributed by atoms with E-state index in [1.165, 1.54) is 37.8 Å². The highest BCUT2D eigenvalue weighted by atomic mass is 19.1. The first-order valence-electron chi connectivity index (χ1n) is 11.1. The zero-order valence-corrected chi connectivity index (χ0v) is 18.1. The number of hydrogen-bond donors (Lipinski definition) is 2. The molecule has 1 aromatic heterocycles. The third-order valence-corrected chi connectivity index (χ3v) is 5.57. The highest BCUT2D eigenvalue weighted by Crippen LogP contribution is 2.20. The number of amides is 1. The average Bonchev–Trinajstić information content (AvgIpc) is 3.09. The first-order valence-corrected chi connectivity index (χ1v) is 11.1. The van der Waals surface area contributed by atoms with Crippen molar-refractivity contribution in [1.82, 2.24) is 20.2 Å². The van der Waals surface area contributed by atoms with Crippen molar-refractivity contribution in [3.8, 4) is 11.4 Å². The van der Waals surface area contributed by atoms with Crippen LogP contribution in [0.15, 0.2) is 60.8 Å². The fraction of sp³-hybridized carbons (Fsp3) is 0.320. The van der Waals surface area contributed by atoms with Crippen molar-refractivity contribution in [2.24, 2.45) is 0 Å². The summed E-state index contributed by atoms with van der Waals surface area (Å²) in [6, 6.07) is 15.1. The monoisotopic (exact) mass is 433 g/mol. The highest BCUT2D eigenvalue weighted by Gasteiger charge is 2.11. The van der Waals surface area contributed by atoms with Crippen molar-refractivity contribution in [2.75, 3.05) is 31.5 Å². The van der Waals surface area contributed by atoms with Crippen LogP contribution in [-0.4, -0.2) is 47.0 Å². The zero-order chi connectivity index (χ0) is 22.2. The van der Waals surface area contributed by atoms with Crippen LogP contribution in [-0.2, 0) is 0 Å². The molecule has 0 atom stereocenters. The number of anilines is 2. The van der Waals surface area contributed by atoms with E-state index in [0.717, 1.165) is 30.9 Å². The summed E-state index contributed by atoms with van der Waals surface area (Å²) >= 11 is 0. The lowest BCUT2D eigenvalue weighted by atomic mass is 10.2. The molecule has 0 radical (unpaired) electrons. The Kier molecular flexibility index (Phi) is 7.40. The van der Waals surface area contributed by atoms with Crippen LogP contribution in [0.1, 0.15) is 36.0 Å². The molecule has 6 nitrogen and oxygen atoms in total. The molecule has 2 N–H and O–H groups in total. The Morgan fingerprint density at radius 2 is 1.78 bits per heavy atom. The maximum atomic E-state index is 13.2. The second-order valence-electron chi connectivity index (χ2n) is 7.99. The second-order valence-corrected chi connectivity index (χ2v) is 7.99. The lowest BCUT2D eigenvalue weighted by Gasteiger charge is -2.19. The summed E-state index contributed by atoms with van der Waals surface area (Å²) in [4.78, 5) is 23.8. The van der Waals surface area contributed by atoms with E-state index in [9.17, 15) is 9.18 Å². The number of halogens is 1. The maximum absolute atomic E-state index is 13.2. The molecule has 7 heteroatoms. The van der Waals surface area contributed by atoms with Crippen molar-refractivity contribution in [3.63, 3.8) is 0 Å². The van der Waals surface area contributed by atoms with Crippen LogP contribution in [0.4, 0.5) is 15.9 Å². The van der Waals surface area contributed by atoms with E-state index in [-0.39, 0.29) is 11.7 Å². The van der Waals surface area contributed by atoms with Crippen LogP contribution in [0.5, 0.6) is 0 Å². The van der Waals surface area contributed by atoms with Gasteiger partial charge in [0.25, 0.3) is 5.91 Å². The number of benzene rings is 2. The van der Waals surface area contributed by atoms with Gasteiger partial charge in [0.2, 0.25) is 0 Å². The largest absolute Gasteiger partial charge is 0.351 e. The maximum Gasteiger partial charge on any atom is 0.251 e. The predicted octanol–water partition coefficient (Wildman–Crippen LogP) is 4.63. The Labute approximate surface area is 187 Å². The van der Waals surface area contributed by atoms with Crippen molar-refractivity contribution in [2.45, 2.75) is 25.7 Å². The highest BCUT2D eigenvalue weighted by molar-refractivity contribution is 5.95. The van der Waals surface area contributed by atoms with Crippen molar-refractivity contribution in [3.05, 3.63) is 72.2 Å². The van der Waals surface area contributed by atoms with E-state index in [4.69, 9.17) is 0 Å². The Morgan fingerprint density at radius 1 is 1.00 bits per heavy atom. The molecular weight excluding hydrogens is 405 g/mol. The van der Waals surface area contributed by atoms with Crippen LogP contribution in [0, 0.1) is 5.82 Å². The number of carbonyl (C=O) groups excluding carboxylic acids is 1. The molecule has 166 valence electrons. The number of nitrogens with one attached hydrogen (secondary N) is 2. The molecule has 1 aliphatic heterocycles. The van der Waals surface area contributed by atoms with Crippen LogP contribution >= 0.6 is 0 Å². The van der Waals surface area contributed by atoms with Gasteiger partial charge in [-0.25, -0.2) is 14.4 Å². The normalized spacial score (nSPS) is 14.5. The molecule has 1 fully saturated rings. The first-order chi connectivity index (χ1) is 15.7. The second kappa shape index (κ2) is 10.8. The summed E-state index contributed by atoms with van der Waals surface area (Å²) in [6.07, 6.45) is 6.75. The number of nitrogens with zero attached hydrogens (tertiary/aromatic N) is 3. The van der Waals surface area contributed by atoms with Gasteiger partial charge >= 0.3 is 0 Å². The molecule has 32 heavy (non-hydrogen) atoms. The van der Waals surface area contributed by atoms with Crippen LogP contribution in [0.2, 0.25) is 0 Å². The van der Waals surface area contributed by atoms with E-state index in [1.807, 2.05) is 12.1 Å². The third-order valence-electron chi connectivity index (χ3n) is 5.57. The van der Waals surface area contributed by atoms with Gasteiger partial charge in [-0.2, -0.15) is 0 Å². The first kappa shape index (κ1) is 21.9. The minimum Gasteiger partial charge on any atom is -0.351 e. The van der Waals surface area contributed by atoms with Gasteiger partial charge in [-0.1, -0.05) is 18.9 Å². The minimum atomic E-state index is -0.301. The zero-order valence-electron chi connectivity index (χ0n) is 18.1. The van der Waals surface area contributed by atoms with Crippen LogP contribution < -0.4 is 10.6 Å². The fourth-order valence-corrected chi connectivity index (χ4v) is 3.84. The molecule has 0 aliphatic carbocycles. The molecule has 3 aromatic rings. The van der Waals surface area contributed by atoms with Crippen molar-refractivity contribution >= 4 is 17.4 Å². The average molecular weight is 434 g/mol. The summed E-state index contributed by atoms with van der Waals surface area (Å²) in [5, 5.41) is 6.25. The summed E-state index contributed by atoms with van der Waals surface area (Å²) in [7, 11) is 0. The molecule has 4 rings (SSSR count). The third kappa shape index (κ3) is 6.11. The van der Waals surface area contributed by atoms with Crippen LogP contribution in [0.3, 0.4) is 0 Å². The molecule has 0 saturated carbocycles. The van der Waals surface area contributed by atoms with E-state index in [1.54, 1.807) is 36.5 Å². The van der Waals surface area contributed by atoms with E-state index in [2.05, 4.69) is 25.5 Å². The summed E-state index contributed by atoms with van der Waals surface area (Å²) < 4.78 is 13.2. The molecule has 1 aliphatic rings. The van der Waals surface area contributed by atoms with E-state index >= 15 is 0 Å². The van der Waals surface area contributed by atoms with E-state index < -0.39 is 0 Å². The lowest BCUT2D eigenvalue weighted by molar-refractivity contribution is 0.0948. The van der Waals surface area contributed by atoms with Gasteiger partial charge in [-0.3, -0.25) is 4.79 Å². The molecule has 2 aromatic carbocycles. The van der Waals surface area contributed by atoms with Gasteiger partial charge in [0.05, 0.1) is 0 Å². The molecule has 0 bridgehead atoms. The van der Waals surface area contributed by atoms with Crippen LogP contribution in [0.25, 0.3) is 11.4 Å².